The molecule has 0 spiro atoms. The summed E-state index contributed by atoms with van der Waals surface area (Å²) in [6.45, 7) is 1.89. The molecular weight excluding hydrogens is 292 g/mol. The van der Waals surface area contributed by atoms with Gasteiger partial charge >= 0.3 is 0 Å². The van der Waals surface area contributed by atoms with E-state index in [1.165, 1.54) is 6.07 Å². The van der Waals surface area contributed by atoms with Crippen molar-refractivity contribution in [2.24, 2.45) is 0 Å². The lowest BCUT2D eigenvalue weighted by molar-refractivity contribution is -0.385. The maximum Gasteiger partial charge on any atom is 0.275 e. The summed E-state index contributed by atoms with van der Waals surface area (Å²) in [6, 6.07) is 15.0. The summed E-state index contributed by atoms with van der Waals surface area (Å²) in [5, 5.41) is 38.9. The van der Waals surface area contributed by atoms with Crippen molar-refractivity contribution in [3.8, 4) is 18.2 Å². The summed E-state index contributed by atoms with van der Waals surface area (Å²) in [6.07, 6.45) is 0. The van der Waals surface area contributed by atoms with Crippen LogP contribution in [0.1, 0.15) is 33.7 Å². The summed E-state index contributed by atoms with van der Waals surface area (Å²) < 4.78 is 0. The van der Waals surface area contributed by atoms with Crippen molar-refractivity contribution in [2.45, 2.75) is 12.8 Å². The number of aryl methyl sites for hydroxylation is 1. The topological polar surface area (TPSA) is 115 Å². The van der Waals surface area contributed by atoms with Crippen LogP contribution in [-0.4, -0.2) is 4.92 Å². The lowest BCUT2D eigenvalue weighted by atomic mass is 9.88. The van der Waals surface area contributed by atoms with Crippen LogP contribution in [0.25, 0.3) is 0 Å². The number of hydrogen-bond acceptors (Lipinski definition) is 5. The third-order valence-electron chi connectivity index (χ3n) is 3.46. The van der Waals surface area contributed by atoms with Gasteiger partial charge in [0.1, 0.15) is 18.1 Å². The molecule has 2 aromatic rings. The Morgan fingerprint density at radius 1 is 1.04 bits per heavy atom. The number of nitrogens with zero attached hydrogens (tertiary/aromatic N) is 4. The Hall–Kier alpha value is -3.69. The molecule has 1 atom stereocenters. The van der Waals surface area contributed by atoms with Crippen LogP contribution in [0.2, 0.25) is 0 Å². The van der Waals surface area contributed by atoms with Gasteiger partial charge in [-0.2, -0.15) is 15.8 Å². The summed E-state index contributed by atoms with van der Waals surface area (Å²) in [7, 11) is 0. The van der Waals surface area contributed by atoms with Crippen LogP contribution in [0.15, 0.2) is 36.4 Å². The number of nitro groups is 1. The minimum Gasteiger partial charge on any atom is -0.258 e. The molecule has 2 aromatic carbocycles. The smallest absolute Gasteiger partial charge is 0.258 e. The minimum atomic E-state index is -0.893. The van der Waals surface area contributed by atoms with Crippen LogP contribution in [0.4, 0.5) is 5.69 Å². The Kier molecular flexibility index (Phi) is 4.36. The molecule has 0 fully saturated rings. The summed E-state index contributed by atoms with van der Waals surface area (Å²) >= 11 is 0. The highest BCUT2D eigenvalue weighted by Crippen LogP contribution is 2.33. The second kappa shape index (κ2) is 6.39. The van der Waals surface area contributed by atoms with E-state index < -0.39 is 10.8 Å². The van der Waals surface area contributed by atoms with E-state index in [0.29, 0.717) is 5.56 Å². The van der Waals surface area contributed by atoms with Gasteiger partial charge in [0, 0.05) is 6.07 Å². The summed E-state index contributed by atoms with van der Waals surface area (Å²) in [5.41, 5.74) is 1.29. The highest BCUT2D eigenvalue weighted by molar-refractivity contribution is 5.59. The zero-order chi connectivity index (χ0) is 17.0. The fourth-order valence-electron chi connectivity index (χ4n) is 2.26. The maximum absolute atomic E-state index is 11.3. The zero-order valence-corrected chi connectivity index (χ0v) is 12.1. The van der Waals surface area contributed by atoms with Crippen LogP contribution in [0, 0.1) is 51.0 Å². The predicted molar refractivity (Wildman–Crippen MR) is 81.2 cm³/mol. The fourth-order valence-corrected chi connectivity index (χ4v) is 2.26. The van der Waals surface area contributed by atoms with Gasteiger partial charge in [0.25, 0.3) is 5.69 Å². The van der Waals surface area contributed by atoms with E-state index in [1.54, 1.807) is 30.3 Å². The van der Waals surface area contributed by atoms with Crippen LogP contribution in [0.3, 0.4) is 0 Å². The van der Waals surface area contributed by atoms with Gasteiger partial charge in [0.15, 0.2) is 0 Å². The SMILES string of the molecule is Cc1ccc([C@@H](C#N)c2cc(C#N)c(C#N)cc2[N+](=O)[O-])cc1. The number of rotatable bonds is 3. The van der Waals surface area contributed by atoms with E-state index in [4.69, 9.17) is 10.5 Å². The van der Waals surface area contributed by atoms with Gasteiger partial charge in [0.2, 0.25) is 0 Å². The second-order valence-corrected chi connectivity index (χ2v) is 4.91. The molecule has 23 heavy (non-hydrogen) atoms. The van der Waals surface area contributed by atoms with Gasteiger partial charge in [-0.1, -0.05) is 29.8 Å². The van der Waals surface area contributed by atoms with E-state index in [-0.39, 0.29) is 22.4 Å². The van der Waals surface area contributed by atoms with Gasteiger partial charge in [-0.25, -0.2) is 0 Å². The number of hydrogen-bond donors (Lipinski definition) is 0. The summed E-state index contributed by atoms with van der Waals surface area (Å²) in [4.78, 5) is 10.7. The van der Waals surface area contributed by atoms with Crippen molar-refractivity contribution in [3.05, 3.63) is 74.3 Å². The largest absolute Gasteiger partial charge is 0.275 e. The average Bonchev–Trinajstić information content (AvgIpc) is 2.56. The Bertz CT molecular complexity index is 896. The van der Waals surface area contributed by atoms with Crippen LogP contribution in [0.5, 0.6) is 0 Å². The van der Waals surface area contributed by atoms with Crippen LogP contribution >= 0.6 is 0 Å². The molecule has 0 bridgehead atoms. The third-order valence-corrected chi connectivity index (χ3v) is 3.46. The minimum absolute atomic E-state index is 0.0143. The van der Waals surface area contributed by atoms with E-state index in [1.807, 2.05) is 19.1 Å². The first-order valence-electron chi connectivity index (χ1n) is 6.60. The first-order valence-corrected chi connectivity index (χ1v) is 6.60. The van der Waals surface area contributed by atoms with Gasteiger partial charge in [-0.05, 0) is 18.6 Å². The van der Waals surface area contributed by atoms with Crippen molar-refractivity contribution in [2.75, 3.05) is 0 Å². The standard InChI is InChI=1S/C17H10N4O2/c1-11-2-4-12(5-3-11)16(10-20)15-6-13(8-18)14(9-19)7-17(15)21(22)23/h2-7,16H,1H3/t16-/m1/s1. The lowest BCUT2D eigenvalue weighted by Crippen LogP contribution is -2.05. The number of nitriles is 3. The molecule has 0 unspecified atom stereocenters. The van der Waals surface area contributed by atoms with Gasteiger partial charge < -0.3 is 0 Å². The van der Waals surface area contributed by atoms with Crippen molar-refractivity contribution >= 4 is 5.69 Å². The van der Waals surface area contributed by atoms with Crippen LogP contribution < -0.4 is 0 Å². The molecule has 0 amide bonds. The molecule has 0 aliphatic carbocycles. The molecule has 6 nitrogen and oxygen atoms in total. The number of nitro benzene ring substituents is 1. The monoisotopic (exact) mass is 302 g/mol. The van der Waals surface area contributed by atoms with Gasteiger partial charge in [0.05, 0.1) is 27.7 Å². The maximum atomic E-state index is 11.3. The first kappa shape index (κ1) is 15.7. The van der Waals surface area contributed by atoms with Crippen molar-refractivity contribution in [1.29, 1.82) is 15.8 Å². The molecular formula is C17H10N4O2. The Morgan fingerprint density at radius 3 is 2.09 bits per heavy atom. The quantitative estimate of drug-likeness (QED) is 0.637. The molecule has 0 N–H and O–H groups in total. The molecule has 2 rings (SSSR count). The van der Waals surface area contributed by atoms with Crippen molar-refractivity contribution in [3.63, 3.8) is 0 Å². The van der Waals surface area contributed by atoms with Crippen molar-refractivity contribution in [1.82, 2.24) is 0 Å². The zero-order valence-electron chi connectivity index (χ0n) is 12.1. The summed E-state index contributed by atoms with van der Waals surface area (Å²) in [5.74, 6) is -0.893. The highest BCUT2D eigenvalue weighted by atomic mass is 16.6. The average molecular weight is 302 g/mol. The molecule has 0 radical (unpaired) electrons. The van der Waals surface area contributed by atoms with Gasteiger partial charge in [-0.15, -0.1) is 0 Å². The van der Waals surface area contributed by atoms with E-state index in [2.05, 4.69) is 0 Å². The first-order chi connectivity index (χ1) is 11.0. The fraction of sp³-hybridized carbons (Fsp3) is 0.118. The van der Waals surface area contributed by atoms with E-state index in [0.717, 1.165) is 11.6 Å². The molecule has 6 heteroatoms. The van der Waals surface area contributed by atoms with E-state index in [9.17, 15) is 15.4 Å². The molecule has 0 saturated carbocycles. The van der Waals surface area contributed by atoms with Crippen LogP contribution in [-0.2, 0) is 0 Å². The Morgan fingerprint density at radius 2 is 1.61 bits per heavy atom. The second-order valence-electron chi connectivity index (χ2n) is 4.91. The molecule has 0 heterocycles. The lowest BCUT2D eigenvalue weighted by Gasteiger charge is -2.12. The van der Waals surface area contributed by atoms with Gasteiger partial charge in [-0.3, -0.25) is 10.1 Å². The number of benzene rings is 2. The highest BCUT2D eigenvalue weighted by Gasteiger charge is 2.26. The third kappa shape index (κ3) is 3.00. The predicted octanol–water partition coefficient (Wildman–Crippen LogP) is 3.30. The molecule has 0 aliphatic heterocycles. The van der Waals surface area contributed by atoms with Crippen molar-refractivity contribution < 1.29 is 4.92 Å². The Labute approximate surface area is 132 Å². The van der Waals surface area contributed by atoms with E-state index >= 15 is 0 Å². The molecule has 0 saturated heterocycles. The molecule has 110 valence electrons. The molecule has 0 aromatic heterocycles. The Balaban J connectivity index is 2.71. The molecule has 0 aliphatic rings. The normalized spacial score (nSPS) is 10.9.